The van der Waals surface area contributed by atoms with E-state index >= 15 is 0 Å². The molecule has 0 aliphatic heterocycles. The number of hydrogen-bond donors (Lipinski definition) is 1. The molecule has 2 aromatic rings. The Morgan fingerprint density at radius 2 is 2.12 bits per heavy atom. The van der Waals surface area contributed by atoms with Gasteiger partial charge in [-0.05, 0) is 38.4 Å². The summed E-state index contributed by atoms with van der Waals surface area (Å²) in [6.07, 6.45) is 4.43. The Labute approximate surface area is 94.3 Å². The summed E-state index contributed by atoms with van der Waals surface area (Å²) >= 11 is 0. The van der Waals surface area contributed by atoms with Crippen LogP contribution >= 0.6 is 0 Å². The van der Waals surface area contributed by atoms with Gasteiger partial charge < -0.3 is 5.73 Å². The molecule has 0 saturated heterocycles. The van der Waals surface area contributed by atoms with Crippen LogP contribution in [0.2, 0.25) is 0 Å². The minimum Gasteiger partial charge on any atom is -0.330 e. The molecule has 0 aromatic carbocycles. The normalized spacial score (nSPS) is 10.7. The molecule has 5 nitrogen and oxygen atoms in total. The van der Waals surface area contributed by atoms with Crippen LogP contribution in [-0.4, -0.2) is 26.3 Å². The van der Waals surface area contributed by atoms with Crippen LogP contribution in [-0.2, 0) is 6.42 Å². The Hall–Kier alpha value is -1.75. The average Bonchev–Trinajstić information content (AvgIpc) is 2.59. The molecule has 0 fully saturated rings. The van der Waals surface area contributed by atoms with E-state index in [9.17, 15) is 0 Å². The van der Waals surface area contributed by atoms with Gasteiger partial charge in [0.25, 0.3) is 0 Å². The molecule has 2 heterocycles. The molecule has 0 bridgehead atoms. The van der Waals surface area contributed by atoms with E-state index in [4.69, 9.17) is 5.73 Å². The van der Waals surface area contributed by atoms with E-state index in [1.807, 2.05) is 26.1 Å². The molecule has 0 radical (unpaired) electrons. The number of pyridine rings is 1. The van der Waals surface area contributed by atoms with Gasteiger partial charge in [-0.15, -0.1) is 0 Å². The Bertz CT molecular complexity index is 489. The van der Waals surface area contributed by atoms with E-state index in [1.165, 1.54) is 0 Å². The van der Waals surface area contributed by atoms with Gasteiger partial charge in [0.15, 0.2) is 0 Å². The number of aryl methyl sites for hydroxylation is 2. The van der Waals surface area contributed by atoms with Crippen LogP contribution in [0.3, 0.4) is 0 Å². The third-order valence-electron chi connectivity index (χ3n) is 2.33. The molecule has 0 saturated carbocycles. The standard InChI is InChI=1S/C11H15N5/c1-8-14-9(2)16(15-8)11-5-10(3-4-12)6-13-7-11/h5-7H,3-4,12H2,1-2H3. The molecule has 0 atom stereocenters. The minimum absolute atomic E-state index is 0.625. The second kappa shape index (κ2) is 4.40. The van der Waals surface area contributed by atoms with E-state index in [-0.39, 0.29) is 0 Å². The van der Waals surface area contributed by atoms with Crippen LogP contribution in [0.25, 0.3) is 5.69 Å². The first-order valence-corrected chi connectivity index (χ1v) is 5.25. The lowest BCUT2D eigenvalue weighted by Gasteiger charge is -2.04. The summed E-state index contributed by atoms with van der Waals surface area (Å²) < 4.78 is 1.79. The second-order valence-electron chi connectivity index (χ2n) is 3.71. The highest BCUT2D eigenvalue weighted by atomic mass is 15.3. The maximum Gasteiger partial charge on any atom is 0.148 e. The molecule has 2 rings (SSSR count). The summed E-state index contributed by atoms with van der Waals surface area (Å²) in [7, 11) is 0. The summed E-state index contributed by atoms with van der Waals surface area (Å²) in [5, 5.41) is 4.32. The van der Waals surface area contributed by atoms with E-state index in [0.29, 0.717) is 6.54 Å². The predicted molar refractivity (Wildman–Crippen MR) is 61.4 cm³/mol. The summed E-state index contributed by atoms with van der Waals surface area (Å²) in [5.74, 6) is 1.63. The third kappa shape index (κ3) is 2.09. The number of hydrogen-bond acceptors (Lipinski definition) is 4. The van der Waals surface area contributed by atoms with Crippen molar-refractivity contribution in [3.63, 3.8) is 0 Å². The van der Waals surface area contributed by atoms with Crippen LogP contribution in [0.5, 0.6) is 0 Å². The fraction of sp³-hybridized carbons (Fsp3) is 0.364. The van der Waals surface area contributed by atoms with Crippen molar-refractivity contribution in [1.82, 2.24) is 19.7 Å². The average molecular weight is 217 g/mol. The van der Waals surface area contributed by atoms with Gasteiger partial charge in [-0.3, -0.25) is 4.98 Å². The van der Waals surface area contributed by atoms with Crippen molar-refractivity contribution in [2.24, 2.45) is 5.73 Å². The summed E-state index contributed by atoms with van der Waals surface area (Å²) in [5.41, 5.74) is 7.57. The fourth-order valence-corrected chi connectivity index (χ4v) is 1.66. The van der Waals surface area contributed by atoms with Gasteiger partial charge in [0.1, 0.15) is 11.6 Å². The van der Waals surface area contributed by atoms with Gasteiger partial charge in [-0.2, -0.15) is 5.10 Å². The molecule has 0 unspecified atom stereocenters. The van der Waals surface area contributed by atoms with Crippen LogP contribution in [0.1, 0.15) is 17.2 Å². The van der Waals surface area contributed by atoms with Gasteiger partial charge in [0, 0.05) is 6.20 Å². The SMILES string of the molecule is Cc1nc(C)n(-c2cncc(CCN)c2)n1. The summed E-state index contributed by atoms with van der Waals surface area (Å²) in [6.45, 7) is 4.43. The zero-order valence-corrected chi connectivity index (χ0v) is 9.51. The Morgan fingerprint density at radius 3 is 2.75 bits per heavy atom. The van der Waals surface area contributed by atoms with Crippen molar-refractivity contribution >= 4 is 0 Å². The monoisotopic (exact) mass is 217 g/mol. The van der Waals surface area contributed by atoms with E-state index in [1.54, 1.807) is 10.9 Å². The number of aromatic nitrogens is 4. The molecule has 84 valence electrons. The van der Waals surface area contributed by atoms with Gasteiger partial charge >= 0.3 is 0 Å². The minimum atomic E-state index is 0.625. The van der Waals surface area contributed by atoms with Crippen molar-refractivity contribution in [2.75, 3.05) is 6.54 Å². The highest BCUT2D eigenvalue weighted by Gasteiger charge is 2.05. The van der Waals surface area contributed by atoms with Gasteiger partial charge in [-0.1, -0.05) is 0 Å². The lowest BCUT2D eigenvalue weighted by molar-refractivity contribution is 0.821. The summed E-state index contributed by atoms with van der Waals surface area (Å²) in [6, 6.07) is 2.04. The van der Waals surface area contributed by atoms with Crippen LogP contribution in [0.15, 0.2) is 18.5 Å². The van der Waals surface area contributed by atoms with Crippen molar-refractivity contribution < 1.29 is 0 Å². The molecule has 0 aliphatic rings. The van der Waals surface area contributed by atoms with E-state index in [0.717, 1.165) is 29.3 Å². The van der Waals surface area contributed by atoms with Crippen LogP contribution in [0, 0.1) is 13.8 Å². The predicted octanol–water partition coefficient (Wildman–Crippen LogP) is 0.780. The fourth-order valence-electron chi connectivity index (χ4n) is 1.66. The van der Waals surface area contributed by atoms with Crippen molar-refractivity contribution in [1.29, 1.82) is 0 Å². The highest BCUT2D eigenvalue weighted by molar-refractivity contribution is 5.32. The molecule has 5 heteroatoms. The lowest BCUT2D eigenvalue weighted by atomic mass is 10.2. The quantitative estimate of drug-likeness (QED) is 0.824. The van der Waals surface area contributed by atoms with Gasteiger partial charge in [0.05, 0.1) is 11.9 Å². The van der Waals surface area contributed by atoms with Gasteiger partial charge in [0.2, 0.25) is 0 Å². The second-order valence-corrected chi connectivity index (χ2v) is 3.71. The molecular formula is C11H15N5. The largest absolute Gasteiger partial charge is 0.330 e. The zero-order chi connectivity index (χ0) is 11.5. The lowest BCUT2D eigenvalue weighted by Crippen LogP contribution is -2.05. The summed E-state index contributed by atoms with van der Waals surface area (Å²) in [4.78, 5) is 8.45. The molecule has 0 aliphatic carbocycles. The number of nitrogens with two attached hydrogens (primary N) is 1. The first-order chi connectivity index (χ1) is 7.70. The van der Waals surface area contributed by atoms with Gasteiger partial charge in [-0.25, -0.2) is 9.67 Å². The molecule has 0 amide bonds. The maximum atomic E-state index is 5.52. The Balaban J connectivity index is 2.40. The molecular weight excluding hydrogens is 202 g/mol. The van der Waals surface area contributed by atoms with Crippen molar-refractivity contribution in [2.45, 2.75) is 20.3 Å². The van der Waals surface area contributed by atoms with E-state index < -0.39 is 0 Å². The molecule has 2 aromatic heterocycles. The first-order valence-electron chi connectivity index (χ1n) is 5.25. The molecule has 2 N–H and O–H groups in total. The van der Waals surface area contributed by atoms with Crippen molar-refractivity contribution in [3.8, 4) is 5.69 Å². The Kier molecular flexibility index (Phi) is 2.96. The highest BCUT2D eigenvalue weighted by Crippen LogP contribution is 2.10. The molecule has 0 spiro atoms. The Morgan fingerprint density at radius 1 is 1.31 bits per heavy atom. The zero-order valence-electron chi connectivity index (χ0n) is 9.51. The number of rotatable bonds is 3. The first kappa shape index (κ1) is 10.8. The van der Waals surface area contributed by atoms with Crippen LogP contribution in [0.4, 0.5) is 0 Å². The molecule has 16 heavy (non-hydrogen) atoms. The maximum absolute atomic E-state index is 5.52. The number of nitrogens with zero attached hydrogens (tertiary/aromatic N) is 4. The third-order valence-corrected chi connectivity index (χ3v) is 2.33. The smallest absolute Gasteiger partial charge is 0.148 e. The van der Waals surface area contributed by atoms with Crippen LogP contribution < -0.4 is 5.73 Å². The van der Waals surface area contributed by atoms with Crippen molar-refractivity contribution in [3.05, 3.63) is 35.7 Å². The van der Waals surface area contributed by atoms with E-state index in [2.05, 4.69) is 15.1 Å². The topological polar surface area (TPSA) is 69.6 Å².